The average molecular weight is 442 g/mol. The van der Waals surface area contributed by atoms with Gasteiger partial charge in [-0.1, -0.05) is 11.2 Å². The second kappa shape index (κ2) is 8.79. The summed E-state index contributed by atoms with van der Waals surface area (Å²) in [5, 5.41) is 6.15. The number of nitrogens with zero attached hydrogens (tertiary/aromatic N) is 3. The molecular formula is C18H17F3N4O4S. The summed E-state index contributed by atoms with van der Waals surface area (Å²) in [4.78, 5) is 19.9. The van der Waals surface area contributed by atoms with Gasteiger partial charge >= 0.3 is 12.3 Å². The molecule has 0 saturated carbocycles. The summed E-state index contributed by atoms with van der Waals surface area (Å²) in [6.07, 6.45) is -2.14. The highest BCUT2D eigenvalue weighted by atomic mass is 32.2. The number of hydrogen-bond donors (Lipinski definition) is 1. The van der Waals surface area contributed by atoms with Crippen molar-refractivity contribution in [3.05, 3.63) is 54.4 Å². The molecule has 0 unspecified atom stereocenters. The monoisotopic (exact) mass is 442 g/mol. The Bertz CT molecular complexity index is 1030. The third kappa shape index (κ3) is 5.33. The van der Waals surface area contributed by atoms with Crippen molar-refractivity contribution >= 4 is 27.5 Å². The molecule has 30 heavy (non-hydrogen) atoms. The fourth-order valence-corrected chi connectivity index (χ4v) is 4.23. The molecule has 1 amide bonds. The predicted molar refractivity (Wildman–Crippen MR) is 101 cm³/mol. The molecule has 1 aromatic heterocycles. The van der Waals surface area contributed by atoms with Crippen LogP contribution in [0.5, 0.6) is 0 Å². The Balaban J connectivity index is 1.59. The maximum absolute atomic E-state index is 12.9. The van der Waals surface area contributed by atoms with E-state index in [1.54, 1.807) is 12.1 Å². The van der Waals surface area contributed by atoms with Crippen LogP contribution in [0.25, 0.3) is 0 Å². The third-order valence-corrected chi connectivity index (χ3v) is 6.16. The zero-order valence-electron chi connectivity index (χ0n) is 15.5. The van der Waals surface area contributed by atoms with Crippen LogP contribution in [-0.4, -0.2) is 42.6 Å². The van der Waals surface area contributed by atoms with E-state index in [2.05, 4.69) is 15.5 Å². The molecule has 0 radical (unpaired) electrons. The van der Waals surface area contributed by atoms with Gasteiger partial charge in [-0.05, 0) is 30.3 Å². The number of carbonyl (C=O) groups is 1. The van der Waals surface area contributed by atoms with Crippen molar-refractivity contribution in [2.75, 3.05) is 18.4 Å². The Kier molecular flexibility index (Phi) is 6.37. The van der Waals surface area contributed by atoms with E-state index in [-0.39, 0.29) is 25.9 Å². The summed E-state index contributed by atoms with van der Waals surface area (Å²) in [6.45, 7) is 0.00991. The van der Waals surface area contributed by atoms with Crippen molar-refractivity contribution in [3.8, 4) is 0 Å². The highest BCUT2D eigenvalue weighted by Crippen LogP contribution is 2.31. The van der Waals surface area contributed by atoms with Crippen LogP contribution in [-0.2, 0) is 21.0 Å². The number of piperidine rings is 1. The van der Waals surface area contributed by atoms with Gasteiger partial charge in [0.25, 0.3) is 0 Å². The standard InChI is InChI=1S/C18H17F3N4O4S/c19-18(20,21)13-3-1-5-16(11-13)30(27,28)25-9-6-14(7-10-25)24-29-17(26)23-15-4-2-8-22-12-15/h1-5,8,11-12H,6-7,9-10H2,(H,23,26). The Morgan fingerprint density at radius 2 is 1.90 bits per heavy atom. The summed E-state index contributed by atoms with van der Waals surface area (Å²) in [5.41, 5.74) is -0.146. The van der Waals surface area contributed by atoms with Crippen molar-refractivity contribution in [3.63, 3.8) is 0 Å². The minimum atomic E-state index is -4.64. The number of alkyl halides is 3. The molecule has 1 aliphatic rings. The molecule has 1 N–H and O–H groups in total. The van der Waals surface area contributed by atoms with Crippen LogP contribution in [0.15, 0.2) is 58.8 Å². The van der Waals surface area contributed by atoms with E-state index in [0.717, 1.165) is 22.5 Å². The van der Waals surface area contributed by atoms with Gasteiger partial charge in [-0.2, -0.15) is 17.5 Å². The molecule has 0 aliphatic carbocycles. The number of oxime groups is 1. The lowest BCUT2D eigenvalue weighted by Crippen LogP contribution is -2.38. The van der Waals surface area contributed by atoms with E-state index >= 15 is 0 Å². The molecular weight excluding hydrogens is 425 g/mol. The van der Waals surface area contributed by atoms with Crippen LogP contribution in [0.2, 0.25) is 0 Å². The molecule has 2 heterocycles. The van der Waals surface area contributed by atoms with Crippen molar-refractivity contribution in [1.82, 2.24) is 9.29 Å². The Hall–Kier alpha value is -2.99. The summed E-state index contributed by atoms with van der Waals surface area (Å²) in [6, 6.07) is 6.85. The van der Waals surface area contributed by atoms with Crippen molar-refractivity contribution in [2.24, 2.45) is 5.16 Å². The zero-order chi connectivity index (χ0) is 21.8. The van der Waals surface area contributed by atoms with Gasteiger partial charge in [0.2, 0.25) is 10.0 Å². The molecule has 160 valence electrons. The summed E-state index contributed by atoms with van der Waals surface area (Å²) in [7, 11) is -4.09. The largest absolute Gasteiger partial charge is 0.437 e. The molecule has 1 aliphatic heterocycles. The van der Waals surface area contributed by atoms with Gasteiger partial charge in [-0.25, -0.2) is 13.2 Å². The number of aromatic nitrogens is 1. The molecule has 0 bridgehead atoms. The van der Waals surface area contributed by atoms with E-state index in [1.165, 1.54) is 12.4 Å². The Morgan fingerprint density at radius 3 is 2.53 bits per heavy atom. The number of rotatable bonds is 4. The molecule has 0 spiro atoms. The molecule has 1 fully saturated rings. The first-order chi connectivity index (χ1) is 14.2. The lowest BCUT2D eigenvalue weighted by atomic mass is 10.1. The lowest BCUT2D eigenvalue weighted by molar-refractivity contribution is -0.137. The second-order valence-corrected chi connectivity index (χ2v) is 8.27. The zero-order valence-corrected chi connectivity index (χ0v) is 16.3. The average Bonchev–Trinajstić information content (AvgIpc) is 2.73. The first-order valence-electron chi connectivity index (χ1n) is 8.77. The van der Waals surface area contributed by atoms with E-state index in [9.17, 15) is 26.4 Å². The van der Waals surface area contributed by atoms with Crippen LogP contribution < -0.4 is 5.32 Å². The minimum Gasteiger partial charge on any atom is -0.298 e. The Labute approximate surface area is 170 Å². The number of benzene rings is 1. The van der Waals surface area contributed by atoms with Gasteiger partial charge in [0.1, 0.15) is 0 Å². The smallest absolute Gasteiger partial charge is 0.298 e. The maximum atomic E-state index is 12.9. The number of hydrogen-bond acceptors (Lipinski definition) is 6. The van der Waals surface area contributed by atoms with E-state index < -0.39 is 32.8 Å². The lowest BCUT2D eigenvalue weighted by Gasteiger charge is -2.26. The van der Waals surface area contributed by atoms with Crippen molar-refractivity contribution in [1.29, 1.82) is 0 Å². The van der Waals surface area contributed by atoms with Gasteiger partial charge in [0, 0.05) is 32.1 Å². The van der Waals surface area contributed by atoms with Gasteiger partial charge in [-0.3, -0.25) is 15.1 Å². The van der Waals surface area contributed by atoms with Gasteiger partial charge in [0.05, 0.1) is 28.1 Å². The molecule has 3 rings (SSSR count). The highest BCUT2D eigenvalue weighted by Gasteiger charge is 2.33. The van der Waals surface area contributed by atoms with Crippen molar-refractivity contribution in [2.45, 2.75) is 23.9 Å². The molecule has 0 atom stereocenters. The fourth-order valence-electron chi connectivity index (χ4n) is 2.74. The molecule has 1 saturated heterocycles. The number of pyridine rings is 1. The highest BCUT2D eigenvalue weighted by molar-refractivity contribution is 7.89. The van der Waals surface area contributed by atoms with Crippen LogP contribution in [0.4, 0.5) is 23.7 Å². The Morgan fingerprint density at radius 1 is 1.17 bits per heavy atom. The molecule has 2 aromatic rings. The van der Waals surface area contributed by atoms with Crippen molar-refractivity contribution < 1.29 is 31.2 Å². The molecule has 1 aromatic carbocycles. The third-order valence-electron chi connectivity index (χ3n) is 4.26. The summed E-state index contributed by atoms with van der Waals surface area (Å²) < 4.78 is 65.0. The van der Waals surface area contributed by atoms with Crippen LogP contribution in [0.1, 0.15) is 18.4 Å². The fraction of sp³-hybridized carbons (Fsp3) is 0.278. The van der Waals surface area contributed by atoms with Crippen LogP contribution >= 0.6 is 0 Å². The van der Waals surface area contributed by atoms with E-state index in [4.69, 9.17) is 4.84 Å². The van der Waals surface area contributed by atoms with Gasteiger partial charge in [0.15, 0.2) is 0 Å². The normalized spacial score (nSPS) is 15.5. The first-order valence-corrected chi connectivity index (χ1v) is 10.2. The van der Waals surface area contributed by atoms with E-state index in [1.807, 2.05) is 0 Å². The van der Waals surface area contributed by atoms with Crippen LogP contribution in [0, 0.1) is 0 Å². The quantitative estimate of drug-likeness (QED) is 0.577. The van der Waals surface area contributed by atoms with Gasteiger partial charge < -0.3 is 0 Å². The number of amides is 1. The summed E-state index contributed by atoms with van der Waals surface area (Å²) >= 11 is 0. The number of sulfonamides is 1. The maximum Gasteiger partial charge on any atom is 0.437 e. The number of halogens is 3. The number of anilines is 1. The minimum absolute atomic E-state index is 0.00496. The van der Waals surface area contributed by atoms with E-state index in [0.29, 0.717) is 17.5 Å². The molecule has 8 nitrogen and oxygen atoms in total. The number of carbonyl (C=O) groups excluding carboxylic acids is 1. The summed E-state index contributed by atoms with van der Waals surface area (Å²) in [5.74, 6) is 0. The molecule has 12 heteroatoms. The van der Waals surface area contributed by atoms with Crippen LogP contribution in [0.3, 0.4) is 0 Å². The van der Waals surface area contributed by atoms with Gasteiger partial charge in [-0.15, -0.1) is 0 Å². The number of nitrogens with one attached hydrogen (secondary N) is 1. The SMILES string of the molecule is O=C(Nc1cccnc1)ON=C1CCN(S(=O)(=O)c2cccc(C(F)(F)F)c2)CC1. The first kappa shape index (κ1) is 21.7. The topological polar surface area (TPSA) is 101 Å². The predicted octanol–water partition coefficient (Wildman–Crippen LogP) is 3.49. The second-order valence-electron chi connectivity index (χ2n) is 6.33.